The van der Waals surface area contributed by atoms with E-state index in [1.54, 1.807) is 25.1 Å². The zero-order valence-corrected chi connectivity index (χ0v) is 18.8. The third-order valence-corrected chi connectivity index (χ3v) is 6.09. The predicted molar refractivity (Wildman–Crippen MR) is 130 cm³/mol. The van der Waals surface area contributed by atoms with E-state index in [4.69, 9.17) is 14.6 Å². The van der Waals surface area contributed by atoms with Crippen LogP contribution in [0.25, 0.3) is 27.2 Å². The molecule has 0 aliphatic heterocycles. The van der Waals surface area contributed by atoms with Crippen molar-refractivity contribution in [1.29, 1.82) is 0 Å². The minimum absolute atomic E-state index is 0.283. The van der Waals surface area contributed by atoms with E-state index in [1.807, 2.05) is 72.8 Å². The molecule has 1 N–H and O–H groups in total. The fourth-order valence-corrected chi connectivity index (χ4v) is 4.35. The molecule has 0 spiro atoms. The zero-order chi connectivity index (χ0) is 22.8. The Morgan fingerprint density at radius 2 is 1.67 bits per heavy atom. The largest absolute Gasteiger partial charge is 0.497 e. The van der Waals surface area contributed by atoms with Crippen molar-refractivity contribution >= 4 is 32.6 Å². The summed E-state index contributed by atoms with van der Waals surface area (Å²) in [6, 6.07) is 22.8. The number of anilines is 1. The molecule has 3 aromatic carbocycles. The van der Waals surface area contributed by atoms with Crippen molar-refractivity contribution in [3.05, 3.63) is 84.6 Å². The van der Waals surface area contributed by atoms with Crippen LogP contribution in [0.5, 0.6) is 11.5 Å². The third kappa shape index (κ3) is 4.16. The van der Waals surface area contributed by atoms with Crippen molar-refractivity contribution in [3.8, 4) is 28.4 Å². The van der Waals surface area contributed by atoms with Crippen LogP contribution in [0.15, 0.2) is 79.0 Å². The molecule has 0 fully saturated rings. The quantitative estimate of drug-likeness (QED) is 0.369. The van der Waals surface area contributed by atoms with Gasteiger partial charge in [0.15, 0.2) is 5.13 Å². The lowest BCUT2D eigenvalue weighted by Gasteiger charge is -2.04. The van der Waals surface area contributed by atoms with Crippen LogP contribution in [0, 0.1) is 0 Å². The van der Waals surface area contributed by atoms with E-state index in [2.05, 4.69) is 10.3 Å². The van der Waals surface area contributed by atoms with Gasteiger partial charge in [-0.3, -0.25) is 10.1 Å². The van der Waals surface area contributed by atoms with E-state index in [0.29, 0.717) is 16.4 Å². The van der Waals surface area contributed by atoms with Crippen LogP contribution in [0.4, 0.5) is 5.13 Å². The van der Waals surface area contributed by atoms with Crippen molar-refractivity contribution in [1.82, 2.24) is 14.8 Å². The van der Waals surface area contributed by atoms with Crippen LogP contribution in [0.1, 0.15) is 10.4 Å². The first-order chi connectivity index (χ1) is 16.1. The third-order valence-electron chi connectivity index (χ3n) is 5.16. The van der Waals surface area contributed by atoms with Crippen LogP contribution in [-0.4, -0.2) is 34.9 Å². The maximum absolute atomic E-state index is 13.3. The number of nitrogens with one attached hydrogen (secondary N) is 1. The number of nitrogens with zero attached hydrogens (tertiary/aromatic N) is 3. The van der Waals surface area contributed by atoms with Gasteiger partial charge in [0.1, 0.15) is 17.2 Å². The number of carbonyl (C=O) groups excluding carboxylic acids is 1. The molecule has 2 heterocycles. The summed E-state index contributed by atoms with van der Waals surface area (Å²) in [7, 11) is 3.24. The van der Waals surface area contributed by atoms with Crippen LogP contribution in [0.3, 0.4) is 0 Å². The molecule has 1 amide bonds. The number of hydrogen-bond acceptors (Lipinski definition) is 6. The fourth-order valence-electron chi connectivity index (χ4n) is 3.47. The molecule has 7 nitrogen and oxygen atoms in total. The average molecular weight is 457 g/mol. The van der Waals surface area contributed by atoms with Gasteiger partial charge in [-0.1, -0.05) is 29.5 Å². The van der Waals surface area contributed by atoms with Gasteiger partial charge in [-0.05, 0) is 54.6 Å². The summed E-state index contributed by atoms with van der Waals surface area (Å²) in [4.78, 5) is 17.9. The predicted octanol–water partition coefficient (Wildman–Crippen LogP) is 5.42. The first kappa shape index (κ1) is 20.7. The summed E-state index contributed by atoms with van der Waals surface area (Å²) in [5.41, 5.74) is 3.48. The molecule has 0 unspecified atom stereocenters. The lowest BCUT2D eigenvalue weighted by atomic mass is 10.1. The summed E-state index contributed by atoms with van der Waals surface area (Å²) in [6.07, 6.45) is 1.74. The molecule has 5 aromatic rings. The maximum atomic E-state index is 13.3. The molecular weight excluding hydrogens is 436 g/mol. The van der Waals surface area contributed by atoms with Crippen molar-refractivity contribution in [3.63, 3.8) is 0 Å². The number of rotatable bonds is 6. The summed E-state index contributed by atoms with van der Waals surface area (Å²) in [5.74, 6) is 1.20. The van der Waals surface area contributed by atoms with E-state index in [9.17, 15) is 4.79 Å². The van der Waals surface area contributed by atoms with Gasteiger partial charge in [0.25, 0.3) is 5.91 Å². The Morgan fingerprint density at radius 1 is 0.939 bits per heavy atom. The van der Waals surface area contributed by atoms with Gasteiger partial charge in [-0.2, -0.15) is 5.10 Å². The molecule has 0 aliphatic rings. The summed E-state index contributed by atoms with van der Waals surface area (Å²) in [5, 5.41) is 8.16. The number of ether oxygens (including phenoxy) is 2. The van der Waals surface area contributed by atoms with Crippen molar-refractivity contribution in [2.75, 3.05) is 19.5 Å². The lowest BCUT2D eigenvalue weighted by molar-refractivity contribution is 0.102. The minimum atomic E-state index is -0.283. The molecule has 0 radical (unpaired) electrons. The smallest absolute Gasteiger partial charge is 0.261 e. The first-order valence-electron chi connectivity index (χ1n) is 10.2. The summed E-state index contributed by atoms with van der Waals surface area (Å²) >= 11 is 1.39. The lowest BCUT2D eigenvalue weighted by Crippen LogP contribution is -2.12. The number of hydrogen-bond donors (Lipinski definition) is 1. The highest BCUT2D eigenvalue weighted by Gasteiger charge is 2.20. The highest BCUT2D eigenvalue weighted by molar-refractivity contribution is 7.22. The topological polar surface area (TPSA) is 78.3 Å². The van der Waals surface area contributed by atoms with E-state index in [1.165, 1.54) is 11.3 Å². The normalized spacial score (nSPS) is 10.8. The van der Waals surface area contributed by atoms with Gasteiger partial charge in [0.2, 0.25) is 0 Å². The van der Waals surface area contributed by atoms with Gasteiger partial charge in [-0.25, -0.2) is 9.67 Å². The van der Waals surface area contributed by atoms with E-state index < -0.39 is 0 Å². The molecule has 0 atom stereocenters. The Balaban J connectivity index is 1.52. The summed E-state index contributed by atoms with van der Waals surface area (Å²) in [6.45, 7) is 0. The highest BCUT2D eigenvalue weighted by atomic mass is 32.1. The van der Waals surface area contributed by atoms with Gasteiger partial charge >= 0.3 is 0 Å². The Labute approximate surface area is 194 Å². The molecule has 8 heteroatoms. The molecule has 33 heavy (non-hydrogen) atoms. The number of amides is 1. The monoisotopic (exact) mass is 456 g/mol. The number of fused-ring (bicyclic) bond motifs is 1. The van der Waals surface area contributed by atoms with E-state index in [-0.39, 0.29) is 5.91 Å². The van der Waals surface area contributed by atoms with Gasteiger partial charge in [0, 0.05) is 11.8 Å². The second-order valence-electron chi connectivity index (χ2n) is 7.21. The van der Waals surface area contributed by atoms with Crippen molar-refractivity contribution in [2.24, 2.45) is 0 Å². The Morgan fingerprint density at radius 3 is 2.39 bits per heavy atom. The molecular formula is C25H20N4O3S. The zero-order valence-electron chi connectivity index (χ0n) is 18.0. The molecule has 2 aromatic heterocycles. The van der Waals surface area contributed by atoms with E-state index in [0.717, 1.165) is 33.0 Å². The molecule has 164 valence electrons. The maximum Gasteiger partial charge on any atom is 0.261 e. The number of thiazole rings is 1. The van der Waals surface area contributed by atoms with Crippen LogP contribution >= 0.6 is 11.3 Å². The first-order valence-corrected chi connectivity index (χ1v) is 11.0. The summed E-state index contributed by atoms with van der Waals surface area (Å²) < 4.78 is 13.2. The molecule has 0 saturated carbocycles. The number of carbonyl (C=O) groups is 1. The van der Waals surface area contributed by atoms with E-state index >= 15 is 0 Å². The van der Waals surface area contributed by atoms with Gasteiger partial charge in [-0.15, -0.1) is 0 Å². The van der Waals surface area contributed by atoms with Gasteiger partial charge < -0.3 is 9.47 Å². The Kier molecular flexibility index (Phi) is 5.50. The second-order valence-corrected chi connectivity index (χ2v) is 8.24. The molecule has 0 saturated heterocycles. The number of benzene rings is 3. The van der Waals surface area contributed by atoms with Crippen LogP contribution < -0.4 is 14.8 Å². The van der Waals surface area contributed by atoms with Crippen LogP contribution in [-0.2, 0) is 0 Å². The average Bonchev–Trinajstić information content (AvgIpc) is 3.48. The fraction of sp³-hybridized carbons (Fsp3) is 0.0800. The highest BCUT2D eigenvalue weighted by Crippen LogP contribution is 2.31. The number of methoxy groups -OCH3 is 2. The Bertz CT molecular complexity index is 1430. The standard InChI is InChI=1S/C25H20N4O3S/c1-31-18-10-8-16(9-11-18)23-20(15-29(28-23)17-6-4-3-5-7-17)24(30)27-25-26-21-13-12-19(32-2)14-22(21)33-25/h3-15H,1-2H3,(H,26,27,30). The SMILES string of the molecule is COc1ccc(-c2nn(-c3ccccc3)cc2C(=O)Nc2nc3ccc(OC)cc3s2)cc1. The van der Waals surface area contributed by atoms with Crippen LogP contribution in [0.2, 0.25) is 0 Å². The van der Waals surface area contributed by atoms with Crippen molar-refractivity contribution < 1.29 is 14.3 Å². The molecule has 0 bridgehead atoms. The Hall–Kier alpha value is -4.17. The number of aromatic nitrogens is 3. The molecule has 5 rings (SSSR count). The minimum Gasteiger partial charge on any atom is -0.497 e. The second kappa shape index (κ2) is 8.76. The van der Waals surface area contributed by atoms with Gasteiger partial charge in [0.05, 0.1) is 35.7 Å². The molecule has 0 aliphatic carbocycles. The number of para-hydroxylation sites is 1. The van der Waals surface area contributed by atoms with Crippen molar-refractivity contribution in [2.45, 2.75) is 0 Å².